The molecule has 1 saturated heterocycles. The van der Waals surface area contributed by atoms with Crippen molar-refractivity contribution in [2.75, 3.05) is 25.6 Å². The summed E-state index contributed by atoms with van der Waals surface area (Å²) in [7, 11) is 1.52. The van der Waals surface area contributed by atoms with Crippen LogP contribution in [0.15, 0.2) is 18.2 Å². The number of methoxy groups -OCH3 is 1. The maximum Gasteiger partial charge on any atom is 0.335 e. The standard InChI is InChI=1S/C14H18N2O4S/c1-19-12-5-4-9(13(17)18)7-11(12)16-14(21)15-8-10-3-2-6-20-10/h4-5,7,10H,2-3,6,8H2,1H3,(H,17,18)(H2,15,16,21). The normalized spacial score (nSPS) is 17.3. The van der Waals surface area contributed by atoms with Gasteiger partial charge in [-0.2, -0.15) is 0 Å². The van der Waals surface area contributed by atoms with Crippen LogP contribution in [-0.4, -0.2) is 42.6 Å². The first kappa shape index (κ1) is 15.5. The molecule has 1 fully saturated rings. The van der Waals surface area contributed by atoms with E-state index in [2.05, 4.69) is 10.6 Å². The van der Waals surface area contributed by atoms with Crippen LogP contribution in [0.2, 0.25) is 0 Å². The van der Waals surface area contributed by atoms with Crippen LogP contribution in [0.1, 0.15) is 23.2 Å². The summed E-state index contributed by atoms with van der Waals surface area (Å²) in [6.07, 6.45) is 2.27. The highest BCUT2D eigenvalue weighted by atomic mass is 32.1. The van der Waals surface area contributed by atoms with Crippen LogP contribution in [0.4, 0.5) is 5.69 Å². The van der Waals surface area contributed by atoms with Gasteiger partial charge >= 0.3 is 5.97 Å². The zero-order chi connectivity index (χ0) is 15.2. The van der Waals surface area contributed by atoms with E-state index in [0.717, 1.165) is 19.4 Å². The van der Waals surface area contributed by atoms with Gasteiger partial charge in [0.05, 0.1) is 24.5 Å². The quantitative estimate of drug-likeness (QED) is 0.716. The third kappa shape index (κ3) is 4.30. The molecule has 3 N–H and O–H groups in total. The average Bonchev–Trinajstić information content (AvgIpc) is 2.98. The van der Waals surface area contributed by atoms with Gasteiger partial charge in [-0.25, -0.2) is 4.79 Å². The van der Waals surface area contributed by atoms with E-state index in [-0.39, 0.29) is 11.7 Å². The SMILES string of the molecule is COc1ccc(C(=O)O)cc1NC(=S)NCC1CCCO1. The predicted molar refractivity (Wildman–Crippen MR) is 83.2 cm³/mol. The summed E-state index contributed by atoms with van der Waals surface area (Å²) in [4.78, 5) is 11.0. The van der Waals surface area contributed by atoms with Gasteiger partial charge in [0.15, 0.2) is 5.11 Å². The summed E-state index contributed by atoms with van der Waals surface area (Å²) in [6.45, 7) is 1.42. The molecule has 0 amide bonds. The van der Waals surface area contributed by atoms with Crippen molar-refractivity contribution in [1.82, 2.24) is 5.32 Å². The molecule has 0 spiro atoms. The van der Waals surface area contributed by atoms with Gasteiger partial charge in [-0.05, 0) is 43.3 Å². The van der Waals surface area contributed by atoms with E-state index in [4.69, 9.17) is 26.8 Å². The fourth-order valence-corrected chi connectivity index (χ4v) is 2.31. The van der Waals surface area contributed by atoms with Gasteiger partial charge in [0.25, 0.3) is 0 Å². The number of ether oxygens (including phenoxy) is 2. The number of carboxylic acid groups (broad SMARTS) is 1. The van der Waals surface area contributed by atoms with Crippen molar-refractivity contribution < 1.29 is 19.4 Å². The molecule has 1 aromatic rings. The van der Waals surface area contributed by atoms with E-state index >= 15 is 0 Å². The minimum atomic E-state index is -1.00. The number of anilines is 1. The topological polar surface area (TPSA) is 79.8 Å². The molecule has 1 atom stereocenters. The van der Waals surface area contributed by atoms with E-state index in [9.17, 15) is 4.79 Å². The molecule has 2 rings (SSSR count). The van der Waals surface area contributed by atoms with Crippen LogP contribution in [0.5, 0.6) is 5.75 Å². The lowest BCUT2D eigenvalue weighted by molar-refractivity contribution is 0.0697. The second-order valence-corrected chi connectivity index (χ2v) is 5.10. The second kappa shape index (κ2) is 7.24. The Bertz CT molecular complexity index is 530. The highest BCUT2D eigenvalue weighted by molar-refractivity contribution is 7.80. The smallest absolute Gasteiger partial charge is 0.335 e. The summed E-state index contributed by atoms with van der Waals surface area (Å²) in [5, 5.41) is 15.5. The molecule has 21 heavy (non-hydrogen) atoms. The summed E-state index contributed by atoms with van der Waals surface area (Å²) < 4.78 is 10.7. The molecule has 1 heterocycles. The van der Waals surface area contributed by atoms with Crippen molar-refractivity contribution in [2.45, 2.75) is 18.9 Å². The summed E-state index contributed by atoms with van der Waals surface area (Å²) in [6, 6.07) is 4.56. The van der Waals surface area contributed by atoms with Gasteiger partial charge in [-0.15, -0.1) is 0 Å². The van der Waals surface area contributed by atoms with Crippen molar-refractivity contribution in [3.05, 3.63) is 23.8 Å². The van der Waals surface area contributed by atoms with Crippen LogP contribution in [0.3, 0.4) is 0 Å². The van der Waals surface area contributed by atoms with Gasteiger partial charge in [0, 0.05) is 13.2 Å². The first-order chi connectivity index (χ1) is 10.1. The van der Waals surface area contributed by atoms with Crippen molar-refractivity contribution >= 4 is 29.0 Å². The lowest BCUT2D eigenvalue weighted by Gasteiger charge is -2.16. The van der Waals surface area contributed by atoms with Crippen LogP contribution in [-0.2, 0) is 4.74 Å². The first-order valence-electron chi connectivity index (χ1n) is 6.68. The Morgan fingerprint density at radius 2 is 2.38 bits per heavy atom. The molecule has 1 aliphatic heterocycles. The van der Waals surface area contributed by atoms with E-state index in [0.29, 0.717) is 23.1 Å². The predicted octanol–water partition coefficient (Wildman–Crippen LogP) is 1.86. The summed E-state index contributed by atoms with van der Waals surface area (Å²) in [5.74, 6) is -0.472. The summed E-state index contributed by atoms with van der Waals surface area (Å²) in [5.41, 5.74) is 0.683. The number of rotatable bonds is 5. The Morgan fingerprint density at radius 1 is 1.57 bits per heavy atom. The van der Waals surface area contributed by atoms with E-state index < -0.39 is 5.97 Å². The van der Waals surface area contributed by atoms with Crippen LogP contribution < -0.4 is 15.4 Å². The fraction of sp³-hybridized carbons (Fsp3) is 0.429. The Morgan fingerprint density at radius 3 is 3.00 bits per heavy atom. The second-order valence-electron chi connectivity index (χ2n) is 4.69. The number of hydrogen-bond acceptors (Lipinski definition) is 4. The van der Waals surface area contributed by atoms with Crippen molar-refractivity contribution in [3.63, 3.8) is 0 Å². The minimum Gasteiger partial charge on any atom is -0.495 e. The van der Waals surface area contributed by atoms with E-state index in [1.165, 1.54) is 19.2 Å². The Labute approximate surface area is 128 Å². The molecule has 114 valence electrons. The maximum atomic E-state index is 11.0. The van der Waals surface area contributed by atoms with Gasteiger partial charge in [0.2, 0.25) is 0 Å². The number of nitrogens with one attached hydrogen (secondary N) is 2. The molecule has 0 saturated carbocycles. The summed E-state index contributed by atoms with van der Waals surface area (Å²) >= 11 is 5.21. The average molecular weight is 310 g/mol. The van der Waals surface area contributed by atoms with Crippen molar-refractivity contribution in [1.29, 1.82) is 0 Å². The Balaban J connectivity index is 1.97. The van der Waals surface area contributed by atoms with Gasteiger partial charge in [-0.3, -0.25) is 0 Å². The number of hydrogen-bond donors (Lipinski definition) is 3. The highest BCUT2D eigenvalue weighted by Crippen LogP contribution is 2.25. The lowest BCUT2D eigenvalue weighted by atomic mass is 10.2. The largest absolute Gasteiger partial charge is 0.495 e. The molecule has 0 bridgehead atoms. The Kier molecular flexibility index (Phi) is 5.35. The van der Waals surface area contributed by atoms with Crippen LogP contribution in [0, 0.1) is 0 Å². The van der Waals surface area contributed by atoms with E-state index in [1.807, 2.05) is 0 Å². The Hall–Kier alpha value is -1.86. The van der Waals surface area contributed by atoms with Crippen molar-refractivity contribution in [2.24, 2.45) is 0 Å². The van der Waals surface area contributed by atoms with Gasteiger partial charge in [0.1, 0.15) is 5.75 Å². The van der Waals surface area contributed by atoms with Gasteiger partial charge < -0.3 is 25.2 Å². The van der Waals surface area contributed by atoms with Crippen molar-refractivity contribution in [3.8, 4) is 5.75 Å². The minimum absolute atomic E-state index is 0.167. The molecule has 1 aromatic carbocycles. The van der Waals surface area contributed by atoms with Crippen LogP contribution >= 0.6 is 12.2 Å². The molecule has 0 radical (unpaired) electrons. The zero-order valence-electron chi connectivity index (χ0n) is 11.7. The van der Waals surface area contributed by atoms with Gasteiger partial charge in [-0.1, -0.05) is 0 Å². The fourth-order valence-electron chi connectivity index (χ4n) is 2.12. The molecule has 0 aliphatic carbocycles. The molecule has 1 unspecified atom stereocenters. The molecule has 7 heteroatoms. The molecular formula is C14H18N2O4S. The van der Waals surface area contributed by atoms with E-state index in [1.54, 1.807) is 6.07 Å². The molecular weight excluding hydrogens is 292 g/mol. The molecule has 1 aliphatic rings. The molecule has 0 aromatic heterocycles. The lowest BCUT2D eigenvalue weighted by Crippen LogP contribution is -2.34. The number of thiocarbonyl (C=S) groups is 1. The van der Waals surface area contributed by atoms with Crippen LogP contribution in [0.25, 0.3) is 0 Å². The third-order valence-corrected chi connectivity index (χ3v) is 3.46. The monoisotopic (exact) mass is 310 g/mol. The highest BCUT2D eigenvalue weighted by Gasteiger charge is 2.16. The zero-order valence-corrected chi connectivity index (χ0v) is 12.5. The third-order valence-electron chi connectivity index (χ3n) is 3.21. The number of carbonyl (C=O) groups is 1. The first-order valence-corrected chi connectivity index (χ1v) is 7.08. The number of benzene rings is 1. The number of carboxylic acids is 1. The maximum absolute atomic E-state index is 11.0. The number of aromatic carboxylic acids is 1. The molecule has 6 nitrogen and oxygen atoms in total.